The van der Waals surface area contributed by atoms with Gasteiger partial charge in [0.25, 0.3) is 5.91 Å². The molecule has 1 aromatic heterocycles. The fourth-order valence-corrected chi connectivity index (χ4v) is 4.26. The van der Waals surface area contributed by atoms with Crippen molar-refractivity contribution < 1.29 is 9.59 Å². The first-order chi connectivity index (χ1) is 13.1. The molecule has 4 atom stereocenters. The van der Waals surface area contributed by atoms with Gasteiger partial charge in [-0.3, -0.25) is 19.2 Å². The van der Waals surface area contributed by atoms with Crippen LogP contribution in [0, 0.1) is 11.8 Å². The molecule has 1 unspecified atom stereocenters. The molecule has 27 heavy (non-hydrogen) atoms. The van der Waals surface area contributed by atoms with E-state index in [9.17, 15) is 9.59 Å². The van der Waals surface area contributed by atoms with Crippen LogP contribution in [0.4, 0.5) is 0 Å². The van der Waals surface area contributed by atoms with Crippen LogP contribution in [0.1, 0.15) is 28.9 Å². The molecule has 3 saturated heterocycles. The Labute approximate surface area is 157 Å². The van der Waals surface area contributed by atoms with E-state index in [4.69, 9.17) is 5.73 Å². The predicted octanol–water partition coefficient (Wildman–Crippen LogP) is 0.404. The minimum Gasteiger partial charge on any atom is -0.364 e. The van der Waals surface area contributed by atoms with Crippen LogP contribution in [-0.4, -0.2) is 50.8 Å². The van der Waals surface area contributed by atoms with Gasteiger partial charge in [0, 0.05) is 19.1 Å². The number of piperidine rings is 3. The number of nitrogens with one attached hydrogen (secondary N) is 1. The van der Waals surface area contributed by atoms with E-state index in [0.29, 0.717) is 25.0 Å². The minimum atomic E-state index is -0.568. The lowest BCUT2D eigenvalue weighted by Crippen LogP contribution is -2.58. The van der Waals surface area contributed by atoms with Crippen LogP contribution >= 0.6 is 0 Å². The van der Waals surface area contributed by atoms with E-state index in [1.165, 1.54) is 0 Å². The summed E-state index contributed by atoms with van der Waals surface area (Å²) in [6.45, 7) is 3.00. The molecule has 142 valence electrons. The Hall–Kier alpha value is -2.74. The topological polar surface area (TPSA) is 106 Å². The van der Waals surface area contributed by atoms with Crippen LogP contribution in [0.15, 0.2) is 36.5 Å². The second-order valence-corrected chi connectivity index (χ2v) is 7.43. The highest BCUT2D eigenvalue weighted by Gasteiger charge is 2.43. The molecule has 2 aromatic rings. The molecule has 8 heteroatoms. The summed E-state index contributed by atoms with van der Waals surface area (Å²) in [5.41, 5.74) is 6.53. The highest BCUT2D eigenvalue weighted by atomic mass is 16.2. The molecule has 3 fully saturated rings. The zero-order valence-electron chi connectivity index (χ0n) is 15.1. The van der Waals surface area contributed by atoms with E-state index in [2.05, 4.69) is 20.5 Å². The second-order valence-electron chi connectivity index (χ2n) is 7.43. The molecule has 0 saturated carbocycles. The van der Waals surface area contributed by atoms with Crippen molar-refractivity contribution in [3.05, 3.63) is 47.8 Å². The normalized spacial score (nSPS) is 26.7. The van der Waals surface area contributed by atoms with Crippen LogP contribution < -0.4 is 11.1 Å². The summed E-state index contributed by atoms with van der Waals surface area (Å²) in [5, 5.41) is 10.9. The van der Waals surface area contributed by atoms with E-state index < -0.39 is 5.91 Å². The summed E-state index contributed by atoms with van der Waals surface area (Å²) in [5.74, 6) is -0.00353. The van der Waals surface area contributed by atoms with Gasteiger partial charge >= 0.3 is 0 Å². The van der Waals surface area contributed by atoms with Gasteiger partial charge in [-0.25, -0.2) is 0 Å². The average Bonchev–Trinajstić information content (AvgIpc) is 3.16. The zero-order valence-corrected chi connectivity index (χ0v) is 15.1. The smallest absolute Gasteiger partial charge is 0.270 e. The van der Waals surface area contributed by atoms with E-state index >= 15 is 0 Å². The largest absolute Gasteiger partial charge is 0.364 e. The molecule has 3 aliphatic rings. The summed E-state index contributed by atoms with van der Waals surface area (Å²) in [6.07, 6.45) is 3.59. The maximum atomic E-state index is 12.7. The van der Waals surface area contributed by atoms with Crippen molar-refractivity contribution in [3.63, 3.8) is 0 Å². The third-order valence-corrected chi connectivity index (χ3v) is 5.71. The summed E-state index contributed by atoms with van der Waals surface area (Å²) in [4.78, 5) is 26.2. The molecule has 2 amide bonds. The fraction of sp³-hybridized carbons (Fsp3) is 0.474. The molecule has 1 aromatic carbocycles. The number of fused-ring (bicyclic) bond motifs is 3. The monoisotopic (exact) mass is 368 g/mol. The number of carbonyl (C=O) groups is 2. The van der Waals surface area contributed by atoms with Crippen molar-refractivity contribution in [2.45, 2.75) is 32.0 Å². The standard InChI is InChI=1S/C19H24N6O2/c20-18(26)17-12-25(23-22-17)10-15-8-14-6-7-24(15)11-16(14)19(27)21-9-13-4-2-1-3-5-13/h1-5,12,14-16H,6-11H2,(H2,20,26)(H,21,27)/t14-,15-,16+/m1/s1. The summed E-state index contributed by atoms with van der Waals surface area (Å²) >= 11 is 0. The quantitative estimate of drug-likeness (QED) is 0.768. The molecule has 2 bridgehead atoms. The number of primary amides is 1. The van der Waals surface area contributed by atoms with Crippen molar-refractivity contribution in [1.82, 2.24) is 25.2 Å². The van der Waals surface area contributed by atoms with E-state index in [1.807, 2.05) is 30.3 Å². The molecule has 3 aliphatic heterocycles. The lowest BCUT2D eigenvalue weighted by atomic mass is 9.75. The van der Waals surface area contributed by atoms with Gasteiger partial charge in [-0.1, -0.05) is 35.5 Å². The highest BCUT2D eigenvalue weighted by molar-refractivity contribution is 5.90. The van der Waals surface area contributed by atoms with Crippen LogP contribution in [0.2, 0.25) is 0 Å². The third-order valence-electron chi connectivity index (χ3n) is 5.71. The van der Waals surface area contributed by atoms with Gasteiger partial charge in [0.05, 0.1) is 18.7 Å². The predicted molar refractivity (Wildman–Crippen MR) is 98.4 cm³/mol. The molecule has 8 nitrogen and oxygen atoms in total. The first-order valence-electron chi connectivity index (χ1n) is 9.36. The Kier molecular flexibility index (Phi) is 4.89. The Bertz CT molecular complexity index is 821. The number of nitrogens with two attached hydrogens (primary N) is 1. The van der Waals surface area contributed by atoms with Gasteiger partial charge in [-0.2, -0.15) is 0 Å². The van der Waals surface area contributed by atoms with Crippen molar-refractivity contribution in [2.75, 3.05) is 13.1 Å². The fourth-order valence-electron chi connectivity index (χ4n) is 4.26. The Morgan fingerprint density at radius 2 is 2.07 bits per heavy atom. The average molecular weight is 368 g/mol. The molecule has 4 heterocycles. The lowest BCUT2D eigenvalue weighted by Gasteiger charge is -2.49. The Balaban J connectivity index is 1.34. The number of benzene rings is 1. The van der Waals surface area contributed by atoms with E-state index in [-0.39, 0.29) is 17.5 Å². The van der Waals surface area contributed by atoms with E-state index in [0.717, 1.165) is 31.5 Å². The highest BCUT2D eigenvalue weighted by Crippen LogP contribution is 2.36. The minimum absolute atomic E-state index is 0.0376. The van der Waals surface area contributed by atoms with E-state index in [1.54, 1.807) is 10.9 Å². The van der Waals surface area contributed by atoms with Crippen molar-refractivity contribution >= 4 is 11.8 Å². The Morgan fingerprint density at radius 1 is 1.26 bits per heavy atom. The van der Waals surface area contributed by atoms with Crippen LogP contribution in [-0.2, 0) is 17.9 Å². The van der Waals surface area contributed by atoms with Crippen LogP contribution in [0.3, 0.4) is 0 Å². The summed E-state index contributed by atoms with van der Waals surface area (Å²) < 4.78 is 1.68. The SMILES string of the molecule is NC(=O)c1cn(C[C@H]2C[C@H]3CCN2C[C@@H]3C(=O)NCc2ccccc2)nn1. The van der Waals surface area contributed by atoms with Crippen molar-refractivity contribution in [2.24, 2.45) is 17.6 Å². The van der Waals surface area contributed by atoms with Gasteiger partial charge in [0.2, 0.25) is 5.91 Å². The summed E-state index contributed by atoms with van der Waals surface area (Å²) in [7, 11) is 0. The number of hydrogen-bond acceptors (Lipinski definition) is 5. The number of carbonyl (C=O) groups excluding carboxylic acids is 2. The molecule has 0 radical (unpaired) electrons. The summed E-state index contributed by atoms with van der Waals surface area (Å²) in [6, 6.07) is 10.3. The number of hydrogen-bond donors (Lipinski definition) is 2. The van der Waals surface area contributed by atoms with Crippen molar-refractivity contribution in [1.29, 1.82) is 0 Å². The molecular formula is C19H24N6O2. The number of rotatable bonds is 6. The molecule has 0 spiro atoms. The van der Waals surface area contributed by atoms with Gasteiger partial charge in [-0.15, -0.1) is 5.10 Å². The lowest BCUT2D eigenvalue weighted by molar-refractivity contribution is -0.133. The first kappa shape index (κ1) is 17.7. The number of aromatic nitrogens is 3. The first-order valence-corrected chi connectivity index (χ1v) is 9.36. The molecule has 5 rings (SSSR count). The van der Waals surface area contributed by atoms with Gasteiger partial charge < -0.3 is 11.1 Å². The zero-order chi connectivity index (χ0) is 18.8. The molecule has 0 aliphatic carbocycles. The molecule has 3 N–H and O–H groups in total. The van der Waals surface area contributed by atoms with Crippen LogP contribution in [0.25, 0.3) is 0 Å². The maximum Gasteiger partial charge on any atom is 0.270 e. The maximum absolute atomic E-state index is 12.7. The third kappa shape index (κ3) is 3.85. The van der Waals surface area contributed by atoms with Gasteiger partial charge in [0.15, 0.2) is 5.69 Å². The van der Waals surface area contributed by atoms with Crippen molar-refractivity contribution in [3.8, 4) is 0 Å². The number of nitrogens with zero attached hydrogens (tertiary/aromatic N) is 4. The Morgan fingerprint density at radius 3 is 2.74 bits per heavy atom. The molecular weight excluding hydrogens is 344 g/mol. The van der Waals surface area contributed by atoms with Gasteiger partial charge in [0.1, 0.15) is 0 Å². The second kappa shape index (κ2) is 7.48. The van der Waals surface area contributed by atoms with Crippen LogP contribution in [0.5, 0.6) is 0 Å². The van der Waals surface area contributed by atoms with Gasteiger partial charge in [-0.05, 0) is 30.9 Å². The number of amides is 2.